The van der Waals surface area contributed by atoms with Crippen LogP contribution >= 0.6 is 0 Å². The van der Waals surface area contributed by atoms with Gasteiger partial charge in [0.1, 0.15) is 0 Å². The summed E-state index contributed by atoms with van der Waals surface area (Å²) < 4.78 is 0. The fourth-order valence-corrected chi connectivity index (χ4v) is 5.12. The minimum Gasteiger partial charge on any atom is -0.354 e. The minimum atomic E-state index is -0.0164. The Bertz CT molecular complexity index is 1160. The Morgan fingerprint density at radius 2 is 1.85 bits per heavy atom. The SMILES string of the molecule is Cc1ccc(CC(=O)NC[C@H]2CC[C@H]3CN(C(=O)c4cccnc4)c4ccccc4CN23)cc1. The fraction of sp³-hybridized carbons (Fsp3) is 0.321. The van der Waals surface area contributed by atoms with Crippen LogP contribution in [0.15, 0.2) is 73.1 Å². The maximum Gasteiger partial charge on any atom is 0.259 e. The number of hydrogen-bond donors (Lipinski definition) is 1. The zero-order chi connectivity index (χ0) is 23.5. The van der Waals surface area contributed by atoms with Crippen molar-refractivity contribution in [2.75, 3.05) is 18.0 Å². The van der Waals surface area contributed by atoms with Crippen LogP contribution in [0, 0.1) is 6.92 Å². The molecule has 0 bridgehead atoms. The van der Waals surface area contributed by atoms with Gasteiger partial charge in [0.15, 0.2) is 0 Å². The Morgan fingerprint density at radius 3 is 2.65 bits per heavy atom. The molecule has 6 nitrogen and oxygen atoms in total. The molecule has 1 N–H and O–H groups in total. The molecule has 2 atom stereocenters. The predicted octanol–water partition coefficient (Wildman–Crippen LogP) is 3.74. The lowest BCUT2D eigenvalue weighted by Gasteiger charge is -2.29. The van der Waals surface area contributed by atoms with Crippen LogP contribution in [0.3, 0.4) is 0 Å². The highest BCUT2D eigenvalue weighted by Crippen LogP contribution is 2.35. The summed E-state index contributed by atoms with van der Waals surface area (Å²) in [6.07, 6.45) is 5.72. The maximum atomic E-state index is 13.4. The van der Waals surface area contributed by atoms with Gasteiger partial charge >= 0.3 is 0 Å². The second-order valence-electron chi connectivity index (χ2n) is 9.31. The van der Waals surface area contributed by atoms with Crippen LogP contribution < -0.4 is 10.2 Å². The molecule has 2 aliphatic rings. The second-order valence-corrected chi connectivity index (χ2v) is 9.31. The summed E-state index contributed by atoms with van der Waals surface area (Å²) in [5.41, 5.74) is 4.93. The molecule has 0 unspecified atom stereocenters. The summed E-state index contributed by atoms with van der Waals surface area (Å²) in [5.74, 6) is 0.0353. The van der Waals surface area contributed by atoms with Crippen LogP contribution in [-0.2, 0) is 17.8 Å². The number of pyridine rings is 1. The van der Waals surface area contributed by atoms with Gasteiger partial charge in [0, 0.05) is 49.8 Å². The van der Waals surface area contributed by atoms with Crippen molar-refractivity contribution in [1.29, 1.82) is 0 Å². The molecule has 1 saturated heterocycles. The smallest absolute Gasteiger partial charge is 0.259 e. The summed E-state index contributed by atoms with van der Waals surface area (Å²) in [6.45, 7) is 4.08. The summed E-state index contributed by atoms with van der Waals surface area (Å²) >= 11 is 0. The molecule has 174 valence electrons. The van der Waals surface area contributed by atoms with Crippen molar-refractivity contribution in [2.45, 2.75) is 44.8 Å². The van der Waals surface area contributed by atoms with Crippen molar-refractivity contribution in [2.24, 2.45) is 0 Å². The number of aromatic nitrogens is 1. The number of fused-ring (bicyclic) bond motifs is 2. The molecule has 3 aromatic rings. The maximum absolute atomic E-state index is 13.4. The van der Waals surface area contributed by atoms with E-state index in [9.17, 15) is 9.59 Å². The second kappa shape index (κ2) is 9.77. The zero-order valence-corrected chi connectivity index (χ0v) is 19.5. The Balaban J connectivity index is 1.29. The quantitative estimate of drug-likeness (QED) is 0.638. The largest absolute Gasteiger partial charge is 0.354 e. The number of aryl methyl sites for hydroxylation is 1. The molecule has 5 rings (SSSR count). The lowest BCUT2D eigenvalue weighted by Crippen LogP contribution is -2.46. The number of nitrogens with zero attached hydrogens (tertiary/aromatic N) is 3. The molecule has 0 aliphatic carbocycles. The predicted molar refractivity (Wildman–Crippen MR) is 133 cm³/mol. The first kappa shape index (κ1) is 22.3. The van der Waals surface area contributed by atoms with Crippen molar-refractivity contribution in [3.05, 3.63) is 95.3 Å². The van der Waals surface area contributed by atoms with Gasteiger partial charge in [-0.05, 0) is 49.1 Å². The van der Waals surface area contributed by atoms with Crippen LogP contribution in [-0.4, -0.2) is 46.9 Å². The Morgan fingerprint density at radius 1 is 1.03 bits per heavy atom. The van der Waals surface area contributed by atoms with E-state index in [0.29, 0.717) is 25.1 Å². The number of amides is 2. The van der Waals surface area contributed by atoms with Gasteiger partial charge in [-0.15, -0.1) is 0 Å². The lowest BCUT2D eigenvalue weighted by molar-refractivity contribution is -0.120. The van der Waals surface area contributed by atoms with Crippen molar-refractivity contribution >= 4 is 17.5 Å². The van der Waals surface area contributed by atoms with E-state index in [1.54, 1.807) is 18.5 Å². The average molecular weight is 455 g/mol. The van der Waals surface area contributed by atoms with Gasteiger partial charge in [0.25, 0.3) is 5.91 Å². The molecule has 34 heavy (non-hydrogen) atoms. The van der Waals surface area contributed by atoms with Gasteiger partial charge in [0.2, 0.25) is 5.91 Å². The van der Waals surface area contributed by atoms with E-state index in [4.69, 9.17) is 0 Å². The third kappa shape index (κ3) is 4.73. The first-order valence-electron chi connectivity index (χ1n) is 12.0. The van der Waals surface area contributed by atoms with Crippen LogP contribution in [0.2, 0.25) is 0 Å². The fourth-order valence-electron chi connectivity index (χ4n) is 5.12. The Kier molecular flexibility index (Phi) is 6.41. The molecule has 1 aromatic heterocycles. The number of hydrogen-bond acceptors (Lipinski definition) is 4. The molecule has 0 saturated carbocycles. The van der Waals surface area contributed by atoms with Crippen LogP contribution in [0.1, 0.15) is 39.9 Å². The number of benzene rings is 2. The van der Waals surface area contributed by atoms with E-state index in [2.05, 4.69) is 21.3 Å². The topological polar surface area (TPSA) is 65.5 Å². The summed E-state index contributed by atoms with van der Waals surface area (Å²) in [4.78, 5) is 34.5. The lowest BCUT2D eigenvalue weighted by atomic mass is 10.1. The standard InChI is InChI=1S/C28H30N4O2/c1-20-8-10-21(11-9-20)15-27(33)30-17-24-12-13-25-19-32(28(34)22-6-4-14-29-16-22)26-7-3-2-5-23(26)18-31(24)25/h2-11,14,16,24-25H,12-13,15,17-19H2,1H3,(H,30,33)/t24-,25+/m1/s1. The Labute approximate surface area is 200 Å². The minimum absolute atomic E-state index is 0.0164. The van der Waals surface area contributed by atoms with Gasteiger partial charge in [-0.1, -0.05) is 48.0 Å². The molecule has 3 heterocycles. The molecule has 6 heteroatoms. The van der Waals surface area contributed by atoms with Gasteiger partial charge in [-0.3, -0.25) is 19.5 Å². The van der Waals surface area contributed by atoms with E-state index in [0.717, 1.165) is 36.2 Å². The van der Waals surface area contributed by atoms with Crippen molar-refractivity contribution in [3.63, 3.8) is 0 Å². The number of rotatable bonds is 5. The third-order valence-corrected chi connectivity index (χ3v) is 6.97. The molecule has 0 spiro atoms. The monoisotopic (exact) mass is 454 g/mol. The highest BCUT2D eigenvalue weighted by molar-refractivity contribution is 6.06. The molecule has 2 amide bonds. The van der Waals surface area contributed by atoms with E-state index >= 15 is 0 Å². The number of nitrogens with one attached hydrogen (secondary N) is 1. The molecule has 2 aliphatic heterocycles. The third-order valence-electron chi connectivity index (χ3n) is 6.97. The van der Waals surface area contributed by atoms with Crippen LogP contribution in [0.5, 0.6) is 0 Å². The van der Waals surface area contributed by atoms with Crippen molar-refractivity contribution < 1.29 is 9.59 Å². The highest BCUT2D eigenvalue weighted by Gasteiger charge is 2.39. The van der Waals surface area contributed by atoms with Crippen LogP contribution in [0.4, 0.5) is 5.69 Å². The summed E-state index contributed by atoms with van der Waals surface area (Å²) in [7, 11) is 0. The van der Waals surface area contributed by atoms with Gasteiger partial charge in [-0.2, -0.15) is 0 Å². The van der Waals surface area contributed by atoms with E-state index in [1.807, 2.05) is 60.4 Å². The van der Waals surface area contributed by atoms with Gasteiger partial charge in [-0.25, -0.2) is 0 Å². The van der Waals surface area contributed by atoms with E-state index < -0.39 is 0 Å². The molecule has 1 fully saturated rings. The normalized spacial score (nSPS) is 19.7. The summed E-state index contributed by atoms with van der Waals surface area (Å²) in [5, 5.41) is 3.16. The average Bonchev–Trinajstić information content (AvgIpc) is 3.15. The van der Waals surface area contributed by atoms with Crippen LogP contribution in [0.25, 0.3) is 0 Å². The highest BCUT2D eigenvalue weighted by atomic mass is 16.2. The number of anilines is 1. The van der Waals surface area contributed by atoms with E-state index in [-0.39, 0.29) is 23.9 Å². The Hall–Kier alpha value is -3.51. The zero-order valence-electron chi connectivity index (χ0n) is 19.5. The van der Waals surface area contributed by atoms with E-state index in [1.165, 1.54) is 5.56 Å². The number of carbonyl (C=O) groups is 2. The molecule has 2 aromatic carbocycles. The molecular weight excluding hydrogens is 424 g/mol. The van der Waals surface area contributed by atoms with Gasteiger partial charge < -0.3 is 10.2 Å². The van der Waals surface area contributed by atoms with Gasteiger partial charge in [0.05, 0.1) is 12.0 Å². The first-order valence-corrected chi connectivity index (χ1v) is 12.0. The number of para-hydroxylation sites is 1. The van der Waals surface area contributed by atoms with Crippen molar-refractivity contribution in [3.8, 4) is 0 Å². The number of carbonyl (C=O) groups excluding carboxylic acids is 2. The molecular formula is C28H30N4O2. The first-order chi connectivity index (χ1) is 16.6. The van der Waals surface area contributed by atoms with Crippen molar-refractivity contribution in [1.82, 2.24) is 15.2 Å². The summed E-state index contributed by atoms with van der Waals surface area (Å²) in [6, 6.07) is 20.4. The molecule has 0 radical (unpaired) electrons.